The number of carbonyl (C=O) groups excluding carboxylic acids is 1. The minimum atomic E-state index is -0.503. The maximum absolute atomic E-state index is 11.7. The van der Waals surface area contributed by atoms with Crippen LogP contribution in [0.2, 0.25) is 0 Å². The van der Waals surface area contributed by atoms with E-state index < -0.39 is 11.7 Å². The first-order valence-corrected chi connectivity index (χ1v) is 7.40. The van der Waals surface area contributed by atoms with Crippen molar-refractivity contribution >= 4 is 11.8 Å². The molecule has 0 bridgehead atoms. The normalized spacial score (nSPS) is 11.9. The molecule has 1 amide bonds. The molecule has 0 heterocycles. The molecule has 1 aromatic rings. The fourth-order valence-electron chi connectivity index (χ4n) is 2.00. The predicted molar refractivity (Wildman–Crippen MR) is 85.9 cm³/mol. The molecule has 4 heteroatoms. The monoisotopic (exact) mass is 293 g/mol. The molecule has 1 aromatic carbocycles. The van der Waals surface area contributed by atoms with Gasteiger partial charge in [-0.3, -0.25) is 5.32 Å². The van der Waals surface area contributed by atoms with E-state index in [1.54, 1.807) is 12.1 Å². The maximum atomic E-state index is 11.7. The minimum absolute atomic E-state index is 0.186. The van der Waals surface area contributed by atoms with E-state index in [1.807, 2.05) is 32.9 Å². The lowest BCUT2D eigenvalue weighted by molar-refractivity contribution is 0.0635. The van der Waals surface area contributed by atoms with Crippen molar-refractivity contribution < 1.29 is 14.3 Å². The Hall–Kier alpha value is -1.71. The van der Waals surface area contributed by atoms with E-state index in [1.165, 1.54) is 0 Å². The van der Waals surface area contributed by atoms with Gasteiger partial charge in [0.15, 0.2) is 0 Å². The molecule has 0 aliphatic rings. The van der Waals surface area contributed by atoms with E-state index in [2.05, 4.69) is 26.1 Å². The fourth-order valence-corrected chi connectivity index (χ4v) is 2.00. The van der Waals surface area contributed by atoms with Gasteiger partial charge in [-0.2, -0.15) is 0 Å². The lowest BCUT2D eigenvalue weighted by Gasteiger charge is -2.26. The highest BCUT2D eigenvalue weighted by atomic mass is 16.6. The summed E-state index contributed by atoms with van der Waals surface area (Å²) >= 11 is 0. The molecule has 4 nitrogen and oxygen atoms in total. The summed E-state index contributed by atoms with van der Waals surface area (Å²) in [6, 6.07) is 7.32. The lowest BCUT2D eigenvalue weighted by Crippen LogP contribution is -2.28. The van der Waals surface area contributed by atoms with E-state index in [0.29, 0.717) is 5.69 Å². The Balaban J connectivity index is 2.60. The molecule has 1 N–H and O–H groups in total. The predicted octanol–water partition coefficient (Wildman–Crippen LogP) is 4.99. The highest BCUT2D eigenvalue weighted by Crippen LogP contribution is 2.24. The Kier molecular flexibility index (Phi) is 5.64. The Bertz CT molecular complexity index is 458. The molecule has 0 unspecified atom stereocenters. The Morgan fingerprint density at radius 3 is 2.14 bits per heavy atom. The average Bonchev–Trinajstić information content (AvgIpc) is 2.28. The molecule has 0 atom stereocenters. The topological polar surface area (TPSA) is 47.6 Å². The molecule has 21 heavy (non-hydrogen) atoms. The number of ether oxygens (including phenoxy) is 2. The van der Waals surface area contributed by atoms with Gasteiger partial charge >= 0.3 is 6.09 Å². The molecule has 1 rings (SSSR count). The Morgan fingerprint density at radius 1 is 1.10 bits per heavy atom. The first-order chi connectivity index (χ1) is 9.61. The zero-order chi connectivity index (χ0) is 16.1. The molecule has 0 aromatic heterocycles. The zero-order valence-electron chi connectivity index (χ0n) is 13.9. The van der Waals surface area contributed by atoms with Crippen LogP contribution in [-0.2, 0) is 4.74 Å². The highest BCUT2D eigenvalue weighted by molar-refractivity contribution is 5.84. The van der Waals surface area contributed by atoms with Gasteiger partial charge in [-0.05, 0) is 65.3 Å². The van der Waals surface area contributed by atoms with Crippen molar-refractivity contribution in [2.75, 3.05) is 5.32 Å². The van der Waals surface area contributed by atoms with Crippen molar-refractivity contribution in [3.05, 3.63) is 24.3 Å². The average molecular weight is 293 g/mol. The van der Waals surface area contributed by atoms with Gasteiger partial charge < -0.3 is 9.47 Å². The summed E-state index contributed by atoms with van der Waals surface area (Å²) in [6.45, 7) is 11.8. The van der Waals surface area contributed by atoms with Gasteiger partial charge in [0, 0.05) is 5.69 Å². The summed E-state index contributed by atoms with van der Waals surface area (Å²) in [6.07, 6.45) is 1.61. The number of hydrogen-bond acceptors (Lipinski definition) is 3. The van der Waals surface area contributed by atoms with Crippen LogP contribution in [0.25, 0.3) is 0 Å². The van der Waals surface area contributed by atoms with E-state index in [0.717, 1.165) is 18.6 Å². The van der Waals surface area contributed by atoms with Crippen LogP contribution in [0.4, 0.5) is 10.5 Å². The smallest absolute Gasteiger partial charge is 0.412 e. The number of anilines is 1. The van der Waals surface area contributed by atoms with Crippen molar-refractivity contribution in [3.63, 3.8) is 0 Å². The Morgan fingerprint density at radius 2 is 1.67 bits per heavy atom. The van der Waals surface area contributed by atoms with Crippen LogP contribution in [0.3, 0.4) is 0 Å². The van der Waals surface area contributed by atoms with Crippen LogP contribution >= 0.6 is 0 Å². The maximum Gasteiger partial charge on any atom is 0.412 e. The number of hydrogen-bond donors (Lipinski definition) is 1. The van der Waals surface area contributed by atoms with Crippen LogP contribution < -0.4 is 10.1 Å². The second kappa shape index (κ2) is 6.83. The van der Waals surface area contributed by atoms with Crippen molar-refractivity contribution in [1.29, 1.82) is 0 Å². The molecule has 0 saturated heterocycles. The standard InChI is InChI=1S/C17H27NO3/c1-7-12-17(5,6)20-14-10-8-13(9-11-14)18-15(19)21-16(2,3)4/h8-11H,7,12H2,1-6H3,(H,18,19). The third-order valence-corrected chi connectivity index (χ3v) is 2.75. The zero-order valence-corrected chi connectivity index (χ0v) is 13.9. The van der Waals surface area contributed by atoms with Crippen molar-refractivity contribution in [1.82, 2.24) is 0 Å². The van der Waals surface area contributed by atoms with Crippen LogP contribution in [-0.4, -0.2) is 17.3 Å². The van der Waals surface area contributed by atoms with Gasteiger partial charge in [-0.25, -0.2) is 4.79 Å². The molecule has 0 spiro atoms. The highest BCUT2D eigenvalue weighted by Gasteiger charge is 2.19. The first-order valence-electron chi connectivity index (χ1n) is 7.40. The van der Waals surface area contributed by atoms with Crippen LogP contribution in [0.15, 0.2) is 24.3 Å². The van der Waals surface area contributed by atoms with Crippen molar-refractivity contribution in [3.8, 4) is 5.75 Å². The van der Waals surface area contributed by atoms with Gasteiger partial charge in [0.05, 0.1) is 0 Å². The van der Waals surface area contributed by atoms with Gasteiger partial charge in [0.25, 0.3) is 0 Å². The second-order valence-corrected chi connectivity index (χ2v) is 6.76. The van der Waals surface area contributed by atoms with E-state index in [9.17, 15) is 4.79 Å². The lowest BCUT2D eigenvalue weighted by atomic mass is 10.0. The fraction of sp³-hybridized carbons (Fsp3) is 0.588. The van der Waals surface area contributed by atoms with Gasteiger partial charge in [0.2, 0.25) is 0 Å². The molecular weight excluding hydrogens is 266 g/mol. The van der Waals surface area contributed by atoms with Crippen molar-refractivity contribution in [2.45, 2.75) is 65.6 Å². The molecule has 0 fully saturated rings. The molecule has 0 aliphatic heterocycles. The first kappa shape index (κ1) is 17.3. The number of nitrogens with one attached hydrogen (secondary N) is 1. The van der Waals surface area contributed by atoms with E-state index in [4.69, 9.17) is 9.47 Å². The second-order valence-electron chi connectivity index (χ2n) is 6.76. The third kappa shape index (κ3) is 7.02. The summed E-state index contributed by atoms with van der Waals surface area (Å²) in [5.74, 6) is 0.795. The van der Waals surface area contributed by atoms with Gasteiger partial charge in [-0.15, -0.1) is 0 Å². The molecule has 0 radical (unpaired) electrons. The van der Waals surface area contributed by atoms with Crippen molar-refractivity contribution in [2.24, 2.45) is 0 Å². The van der Waals surface area contributed by atoms with E-state index in [-0.39, 0.29) is 5.60 Å². The van der Waals surface area contributed by atoms with Crippen LogP contribution in [0, 0.1) is 0 Å². The summed E-state index contributed by atoms with van der Waals surface area (Å²) in [5.41, 5.74) is -0.00323. The third-order valence-electron chi connectivity index (χ3n) is 2.75. The summed E-state index contributed by atoms with van der Waals surface area (Å²) in [4.78, 5) is 11.7. The largest absolute Gasteiger partial charge is 0.488 e. The summed E-state index contributed by atoms with van der Waals surface area (Å²) in [7, 11) is 0. The molecular formula is C17H27NO3. The summed E-state index contributed by atoms with van der Waals surface area (Å²) < 4.78 is 11.1. The molecule has 0 aliphatic carbocycles. The van der Waals surface area contributed by atoms with Gasteiger partial charge in [-0.1, -0.05) is 13.3 Å². The Labute approximate surface area is 127 Å². The minimum Gasteiger partial charge on any atom is -0.488 e. The van der Waals surface area contributed by atoms with Crippen LogP contribution in [0.5, 0.6) is 5.75 Å². The number of carbonyl (C=O) groups is 1. The number of amides is 1. The molecule has 118 valence electrons. The number of rotatable bonds is 5. The number of benzene rings is 1. The van der Waals surface area contributed by atoms with Gasteiger partial charge in [0.1, 0.15) is 17.0 Å². The quantitative estimate of drug-likeness (QED) is 0.831. The summed E-state index contributed by atoms with van der Waals surface area (Å²) in [5, 5.41) is 2.70. The van der Waals surface area contributed by atoms with Crippen LogP contribution in [0.1, 0.15) is 54.4 Å². The van der Waals surface area contributed by atoms with E-state index >= 15 is 0 Å². The SMILES string of the molecule is CCCC(C)(C)Oc1ccc(NC(=O)OC(C)(C)C)cc1. The molecule has 0 saturated carbocycles.